The van der Waals surface area contributed by atoms with Crippen LogP contribution in [0.1, 0.15) is 121 Å². The lowest BCUT2D eigenvalue weighted by Gasteiger charge is -2.24. The van der Waals surface area contributed by atoms with E-state index in [1.807, 2.05) is 30.0 Å². The monoisotopic (exact) mass is 578 g/mol. The Bertz CT molecular complexity index is 1060. The molecule has 0 atom stereocenters. The van der Waals surface area contributed by atoms with Crippen LogP contribution in [0.4, 0.5) is 5.69 Å². The predicted molar refractivity (Wildman–Crippen MR) is 178 cm³/mol. The molecule has 0 aromatic heterocycles. The quantitative estimate of drug-likeness (QED) is 0.168. The number of nitrogens with zero attached hydrogens (tertiary/aromatic N) is 1. The Hall–Kier alpha value is -2.40. The van der Waals surface area contributed by atoms with Crippen LogP contribution in [0.2, 0.25) is 0 Å². The molecule has 4 nitrogen and oxygen atoms in total. The van der Waals surface area contributed by atoms with Crippen LogP contribution in [-0.4, -0.2) is 23.3 Å². The number of anilines is 1. The first-order chi connectivity index (χ1) is 19.8. The van der Waals surface area contributed by atoms with Gasteiger partial charge in [0.05, 0.1) is 18.9 Å². The highest BCUT2D eigenvalue weighted by Gasteiger charge is 2.20. The average Bonchev–Trinajstić information content (AvgIpc) is 3.45. The maximum absolute atomic E-state index is 12.8. The third-order valence-corrected chi connectivity index (χ3v) is 8.50. The van der Waals surface area contributed by atoms with Crippen LogP contribution in [0.5, 0.6) is 5.75 Å². The lowest BCUT2D eigenvalue weighted by Crippen LogP contribution is -2.17. The smallest absolute Gasteiger partial charge is 0.228 e. The van der Waals surface area contributed by atoms with Crippen molar-refractivity contribution in [1.82, 2.24) is 4.90 Å². The second-order valence-corrected chi connectivity index (χ2v) is 13.4. The summed E-state index contributed by atoms with van der Waals surface area (Å²) in [6.45, 7) is 10.6. The van der Waals surface area contributed by atoms with Gasteiger partial charge in [-0.25, -0.2) is 0 Å². The molecule has 1 amide bonds. The van der Waals surface area contributed by atoms with Gasteiger partial charge in [-0.2, -0.15) is 0 Å². The molecular formula is C36H54N2O2S. The summed E-state index contributed by atoms with van der Waals surface area (Å²) in [5.74, 6) is 1.95. The van der Waals surface area contributed by atoms with Gasteiger partial charge >= 0.3 is 0 Å². The van der Waals surface area contributed by atoms with E-state index in [1.54, 1.807) is 0 Å². The van der Waals surface area contributed by atoms with E-state index in [0.717, 1.165) is 42.4 Å². The minimum absolute atomic E-state index is 0.00152. The first-order valence-corrected chi connectivity index (χ1v) is 17.1. The molecule has 0 fully saturated rings. The van der Waals surface area contributed by atoms with Gasteiger partial charge in [0.25, 0.3) is 0 Å². The zero-order valence-electron chi connectivity index (χ0n) is 26.2. The number of carbonyl (C=O) groups is 1. The number of nitrogens with one attached hydrogen (secondary N) is 1. The van der Waals surface area contributed by atoms with Crippen molar-refractivity contribution in [1.29, 1.82) is 0 Å². The van der Waals surface area contributed by atoms with Crippen molar-refractivity contribution < 1.29 is 9.53 Å². The molecular weight excluding hydrogens is 524 g/mol. The van der Waals surface area contributed by atoms with E-state index < -0.39 is 0 Å². The summed E-state index contributed by atoms with van der Waals surface area (Å²) in [6.07, 6.45) is 18.6. The summed E-state index contributed by atoms with van der Waals surface area (Å²) in [5.41, 5.74) is 4.20. The third kappa shape index (κ3) is 13.0. The number of unbranched alkanes of at least 4 members (excludes halogenated alkanes) is 11. The van der Waals surface area contributed by atoms with E-state index in [-0.39, 0.29) is 11.3 Å². The topological polar surface area (TPSA) is 41.6 Å². The van der Waals surface area contributed by atoms with E-state index in [9.17, 15) is 4.79 Å². The van der Waals surface area contributed by atoms with Crippen LogP contribution in [0.25, 0.3) is 0 Å². The number of rotatable bonds is 19. The maximum atomic E-state index is 12.8. The lowest BCUT2D eigenvalue weighted by atomic mass is 9.85. The molecule has 2 aromatic rings. The largest absolute Gasteiger partial charge is 0.493 e. The molecule has 0 aliphatic carbocycles. The van der Waals surface area contributed by atoms with Crippen LogP contribution >= 0.6 is 11.8 Å². The van der Waals surface area contributed by atoms with Gasteiger partial charge in [-0.15, -0.1) is 11.8 Å². The standard InChI is InChI=1S/C36H54N2O2S/c1-5-6-7-8-9-10-11-12-13-14-15-16-24-40-34-22-19-31(26-33(34)36(2,3)4)27-35(39)37-32-20-17-30(18-21-32)28-38-23-25-41-29-38/h17-23,25-26H,5-16,24,27-29H2,1-4H3,(H,37,39). The third-order valence-electron chi connectivity index (χ3n) is 7.70. The SMILES string of the molecule is CCCCCCCCCCCCCCOc1ccc(CC(=O)Nc2ccc(CN3C=CSC3)cc2)cc1C(C)(C)C. The van der Waals surface area contributed by atoms with Crippen molar-refractivity contribution in [3.05, 3.63) is 70.8 Å². The lowest BCUT2D eigenvalue weighted by molar-refractivity contribution is -0.115. The number of benzene rings is 2. The zero-order chi connectivity index (χ0) is 29.3. The molecule has 0 unspecified atom stereocenters. The summed E-state index contributed by atoms with van der Waals surface area (Å²) in [7, 11) is 0. The van der Waals surface area contributed by atoms with Gasteiger partial charge in [-0.1, -0.05) is 123 Å². The molecule has 0 spiro atoms. The van der Waals surface area contributed by atoms with Crippen molar-refractivity contribution in [2.24, 2.45) is 0 Å². The first kappa shape index (κ1) is 33.1. The summed E-state index contributed by atoms with van der Waals surface area (Å²) in [6, 6.07) is 14.4. The van der Waals surface area contributed by atoms with Crippen LogP contribution in [0.15, 0.2) is 54.1 Å². The van der Waals surface area contributed by atoms with Gasteiger partial charge in [0.2, 0.25) is 5.91 Å². The normalized spacial score (nSPS) is 13.1. The molecule has 5 heteroatoms. The molecule has 0 saturated heterocycles. The van der Waals surface area contributed by atoms with Crippen LogP contribution < -0.4 is 10.1 Å². The van der Waals surface area contributed by atoms with E-state index in [2.05, 4.69) is 73.8 Å². The van der Waals surface area contributed by atoms with Crippen molar-refractivity contribution in [2.75, 3.05) is 17.8 Å². The summed E-state index contributed by atoms with van der Waals surface area (Å²) in [4.78, 5) is 15.1. The molecule has 3 rings (SSSR count). The molecule has 1 N–H and O–H groups in total. The Balaban J connectivity index is 1.37. The van der Waals surface area contributed by atoms with Crippen molar-refractivity contribution in [3.8, 4) is 5.75 Å². The predicted octanol–water partition coefficient (Wildman–Crippen LogP) is 10.2. The molecule has 1 aliphatic heterocycles. The number of carbonyl (C=O) groups excluding carboxylic acids is 1. The van der Waals surface area contributed by atoms with Gasteiger partial charge in [0.15, 0.2) is 0 Å². The zero-order valence-corrected chi connectivity index (χ0v) is 27.0. The van der Waals surface area contributed by atoms with E-state index in [4.69, 9.17) is 4.74 Å². The molecule has 0 bridgehead atoms. The van der Waals surface area contributed by atoms with Gasteiger partial charge in [-0.3, -0.25) is 4.79 Å². The van der Waals surface area contributed by atoms with E-state index in [0.29, 0.717) is 6.42 Å². The van der Waals surface area contributed by atoms with Crippen molar-refractivity contribution in [3.63, 3.8) is 0 Å². The molecule has 0 saturated carbocycles. The van der Waals surface area contributed by atoms with Crippen LogP contribution in [0.3, 0.4) is 0 Å². The molecule has 2 aromatic carbocycles. The average molecular weight is 579 g/mol. The first-order valence-electron chi connectivity index (χ1n) is 16.0. The molecule has 1 aliphatic rings. The number of hydrogen-bond acceptors (Lipinski definition) is 4. The summed E-state index contributed by atoms with van der Waals surface area (Å²) in [5, 5.41) is 5.19. The van der Waals surface area contributed by atoms with Crippen LogP contribution in [-0.2, 0) is 23.2 Å². The van der Waals surface area contributed by atoms with Gasteiger partial charge in [0.1, 0.15) is 5.75 Å². The Morgan fingerprint density at radius 2 is 1.46 bits per heavy atom. The molecule has 41 heavy (non-hydrogen) atoms. The Kier molecular flexibility index (Phi) is 14.7. The fraction of sp³-hybridized carbons (Fsp3) is 0.583. The van der Waals surface area contributed by atoms with E-state index >= 15 is 0 Å². The summed E-state index contributed by atoms with van der Waals surface area (Å²) >= 11 is 1.81. The molecule has 0 radical (unpaired) electrons. The maximum Gasteiger partial charge on any atom is 0.228 e. The van der Waals surface area contributed by atoms with Gasteiger partial charge in [-0.05, 0) is 52.1 Å². The highest BCUT2D eigenvalue weighted by molar-refractivity contribution is 8.02. The molecule has 226 valence electrons. The Morgan fingerprint density at radius 1 is 0.854 bits per heavy atom. The fourth-order valence-electron chi connectivity index (χ4n) is 5.25. The minimum atomic E-state index is -0.0583. The highest BCUT2D eigenvalue weighted by atomic mass is 32.2. The van der Waals surface area contributed by atoms with Crippen molar-refractivity contribution in [2.45, 2.75) is 123 Å². The number of ether oxygens (including phenoxy) is 1. The van der Waals surface area contributed by atoms with Gasteiger partial charge in [0, 0.05) is 18.4 Å². The second kappa shape index (κ2) is 18.2. The minimum Gasteiger partial charge on any atom is -0.493 e. The number of hydrogen-bond donors (Lipinski definition) is 1. The fourth-order valence-corrected chi connectivity index (χ4v) is 5.97. The number of thioether (sulfide) groups is 1. The summed E-state index contributed by atoms with van der Waals surface area (Å²) < 4.78 is 6.26. The van der Waals surface area contributed by atoms with Gasteiger partial charge < -0.3 is 15.0 Å². The second-order valence-electron chi connectivity index (χ2n) is 12.6. The van der Waals surface area contributed by atoms with Crippen molar-refractivity contribution >= 4 is 23.4 Å². The Morgan fingerprint density at radius 3 is 2.05 bits per heavy atom. The molecule has 1 heterocycles. The van der Waals surface area contributed by atoms with E-state index in [1.165, 1.54) is 81.8 Å². The Labute approximate surface area is 254 Å². The number of amides is 1. The van der Waals surface area contributed by atoms with Crippen LogP contribution in [0, 0.1) is 0 Å². The highest BCUT2D eigenvalue weighted by Crippen LogP contribution is 2.33.